The molecule has 0 bridgehead atoms. The van der Waals surface area contributed by atoms with Crippen LogP contribution in [0.2, 0.25) is 0 Å². The van der Waals surface area contributed by atoms with E-state index in [1.54, 1.807) is 12.1 Å². The van der Waals surface area contributed by atoms with Crippen molar-refractivity contribution >= 4 is 6.08 Å². The summed E-state index contributed by atoms with van der Waals surface area (Å²) in [6.07, 6.45) is 6.89. The second-order valence-electron chi connectivity index (χ2n) is 7.07. The van der Waals surface area contributed by atoms with Gasteiger partial charge < -0.3 is 9.47 Å². The Bertz CT molecular complexity index is 834. The van der Waals surface area contributed by atoms with E-state index in [-0.39, 0.29) is 11.2 Å². The van der Waals surface area contributed by atoms with E-state index in [0.29, 0.717) is 13.2 Å². The first-order valence-corrected chi connectivity index (χ1v) is 8.43. The lowest BCUT2D eigenvalue weighted by Crippen LogP contribution is -2.46. The van der Waals surface area contributed by atoms with Gasteiger partial charge in [0.25, 0.3) is 0 Å². The first-order chi connectivity index (χ1) is 11.6. The molecule has 1 atom stereocenters. The number of rotatable bonds is 1. The lowest BCUT2D eigenvalue weighted by atomic mass is 9.72. The van der Waals surface area contributed by atoms with Crippen LogP contribution in [0.3, 0.4) is 0 Å². The minimum Gasteiger partial charge on any atom is -0.347 e. The molecule has 0 amide bonds. The lowest BCUT2D eigenvalue weighted by molar-refractivity contribution is -0.208. The zero-order chi connectivity index (χ0) is 16.4. The number of halogens is 1. The zero-order valence-electron chi connectivity index (χ0n) is 13.6. The van der Waals surface area contributed by atoms with E-state index in [9.17, 15) is 4.39 Å². The summed E-state index contributed by atoms with van der Waals surface area (Å²) in [6, 6.07) is 6.45. The highest BCUT2D eigenvalue weighted by atomic mass is 19.1. The molecule has 2 aromatic rings. The van der Waals surface area contributed by atoms with E-state index in [4.69, 9.17) is 9.47 Å². The van der Waals surface area contributed by atoms with Gasteiger partial charge in [-0.05, 0) is 48.7 Å². The second-order valence-corrected chi connectivity index (χ2v) is 7.07. The fourth-order valence-electron chi connectivity index (χ4n) is 4.51. The van der Waals surface area contributed by atoms with Gasteiger partial charge >= 0.3 is 0 Å². The first kappa shape index (κ1) is 14.4. The smallest absolute Gasteiger partial charge is 0.178 e. The fourth-order valence-corrected chi connectivity index (χ4v) is 4.51. The predicted molar refractivity (Wildman–Crippen MR) is 87.2 cm³/mol. The first-order valence-electron chi connectivity index (χ1n) is 8.43. The monoisotopic (exact) mass is 326 g/mol. The molecular formula is C19H19FN2O2. The normalized spacial score (nSPS) is 27.2. The summed E-state index contributed by atoms with van der Waals surface area (Å²) in [6.45, 7) is 3.59. The Balaban J connectivity index is 1.60. The van der Waals surface area contributed by atoms with Gasteiger partial charge in [0.05, 0.1) is 30.8 Å². The van der Waals surface area contributed by atoms with Crippen LogP contribution in [0.15, 0.2) is 36.0 Å². The minimum absolute atomic E-state index is 0.132. The van der Waals surface area contributed by atoms with Crippen LogP contribution in [-0.2, 0) is 15.9 Å². The van der Waals surface area contributed by atoms with Crippen LogP contribution in [0.1, 0.15) is 31.0 Å². The summed E-state index contributed by atoms with van der Waals surface area (Å²) in [7, 11) is 0. The summed E-state index contributed by atoms with van der Waals surface area (Å²) < 4.78 is 27.2. The van der Waals surface area contributed by atoms with Crippen LogP contribution >= 0.6 is 0 Å². The standard InChI is InChI=1S/C19H19FN2O2/c1-18-11-13-12-21-22(16-4-2-15(20)3-5-16)17(13)10-14(18)6-7-19(18)23-8-9-24-19/h2-5,10,12H,6-9,11H2,1H3. The van der Waals surface area contributed by atoms with Crippen LogP contribution < -0.4 is 0 Å². The van der Waals surface area contributed by atoms with Crippen molar-refractivity contribution < 1.29 is 13.9 Å². The van der Waals surface area contributed by atoms with Crippen molar-refractivity contribution in [2.45, 2.75) is 32.0 Å². The number of aromatic nitrogens is 2. The average molecular weight is 326 g/mol. The number of hydrogen-bond acceptors (Lipinski definition) is 3. The lowest BCUT2D eigenvalue weighted by Gasteiger charge is -2.41. The van der Waals surface area contributed by atoms with Gasteiger partial charge in [-0.15, -0.1) is 0 Å². The Labute approximate surface area is 139 Å². The van der Waals surface area contributed by atoms with Crippen molar-refractivity contribution in [3.63, 3.8) is 0 Å². The van der Waals surface area contributed by atoms with E-state index in [1.165, 1.54) is 23.3 Å². The highest BCUT2D eigenvalue weighted by Gasteiger charge is 2.59. The molecule has 24 heavy (non-hydrogen) atoms. The molecule has 4 nitrogen and oxygen atoms in total. The average Bonchev–Trinajstić information content (AvgIpc) is 3.27. The van der Waals surface area contributed by atoms with Crippen LogP contribution in [0.5, 0.6) is 0 Å². The molecule has 5 heteroatoms. The SMILES string of the molecule is CC12Cc3cnn(-c4ccc(F)cc4)c3C=C1CCC21OCCO1. The van der Waals surface area contributed by atoms with E-state index in [1.807, 2.05) is 10.9 Å². The van der Waals surface area contributed by atoms with Crippen molar-refractivity contribution in [1.29, 1.82) is 0 Å². The Hall–Kier alpha value is -1.98. The van der Waals surface area contributed by atoms with Crippen molar-refractivity contribution in [1.82, 2.24) is 9.78 Å². The third kappa shape index (κ3) is 1.77. The quantitative estimate of drug-likeness (QED) is 0.805. The minimum atomic E-state index is -0.478. The fraction of sp³-hybridized carbons (Fsp3) is 0.421. The second kappa shape index (κ2) is 4.77. The molecule has 1 spiro atoms. The Morgan fingerprint density at radius 1 is 1.17 bits per heavy atom. The molecule has 1 aromatic carbocycles. The maximum Gasteiger partial charge on any atom is 0.178 e. The predicted octanol–water partition coefficient (Wildman–Crippen LogP) is 3.49. The number of nitrogens with zero attached hydrogens (tertiary/aromatic N) is 2. The highest BCUT2D eigenvalue weighted by molar-refractivity contribution is 5.62. The topological polar surface area (TPSA) is 36.3 Å². The maximum absolute atomic E-state index is 13.2. The molecule has 2 aliphatic carbocycles. The molecule has 1 unspecified atom stereocenters. The van der Waals surface area contributed by atoms with Gasteiger partial charge in [-0.3, -0.25) is 0 Å². The molecular weight excluding hydrogens is 307 g/mol. The van der Waals surface area contributed by atoms with Gasteiger partial charge in [-0.25, -0.2) is 9.07 Å². The van der Waals surface area contributed by atoms with Crippen molar-refractivity contribution in [2.75, 3.05) is 13.2 Å². The molecule has 2 fully saturated rings. The Kier molecular flexibility index (Phi) is 2.86. The number of hydrogen-bond donors (Lipinski definition) is 0. The molecule has 1 aliphatic heterocycles. The van der Waals surface area contributed by atoms with Gasteiger partial charge in [0, 0.05) is 11.8 Å². The van der Waals surface area contributed by atoms with E-state index < -0.39 is 5.79 Å². The van der Waals surface area contributed by atoms with E-state index >= 15 is 0 Å². The molecule has 1 saturated carbocycles. The van der Waals surface area contributed by atoms with Crippen molar-refractivity contribution in [2.24, 2.45) is 5.41 Å². The molecule has 3 aliphatic rings. The molecule has 0 N–H and O–H groups in total. The van der Waals surface area contributed by atoms with Gasteiger partial charge in [0.1, 0.15) is 5.82 Å². The van der Waals surface area contributed by atoms with Crippen LogP contribution in [0, 0.1) is 11.2 Å². The summed E-state index contributed by atoms with van der Waals surface area (Å²) in [5.74, 6) is -0.715. The third-order valence-corrected chi connectivity index (χ3v) is 5.84. The molecule has 1 aromatic heterocycles. The van der Waals surface area contributed by atoms with Crippen molar-refractivity contribution in [3.05, 3.63) is 53.1 Å². The molecule has 1 saturated heterocycles. The van der Waals surface area contributed by atoms with E-state index in [2.05, 4.69) is 18.1 Å². The molecule has 2 heterocycles. The molecule has 0 radical (unpaired) electrons. The zero-order valence-corrected chi connectivity index (χ0v) is 13.6. The Morgan fingerprint density at radius 2 is 1.92 bits per heavy atom. The maximum atomic E-state index is 13.2. The molecule has 5 rings (SSSR count). The summed E-state index contributed by atoms with van der Waals surface area (Å²) >= 11 is 0. The van der Waals surface area contributed by atoms with Gasteiger partial charge in [0.2, 0.25) is 0 Å². The number of benzene rings is 1. The Morgan fingerprint density at radius 3 is 2.67 bits per heavy atom. The van der Waals surface area contributed by atoms with Crippen LogP contribution in [0.25, 0.3) is 11.8 Å². The van der Waals surface area contributed by atoms with Gasteiger partial charge in [-0.1, -0.05) is 12.5 Å². The van der Waals surface area contributed by atoms with Gasteiger partial charge in [-0.2, -0.15) is 5.10 Å². The number of fused-ring (bicyclic) bond motifs is 3. The highest BCUT2D eigenvalue weighted by Crippen LogP contribution is 2.58. The summed E-state index contributed by atoms with van der Waals surface area (Å²) in [5.41, 5.74) is 4.38. The van der Waals surface area contributed by atoms with Crippen LogP contribution in [0.4, 0.5) is 4.39 Å². The largest absolute Gasteiger partial charge is 0.347 e. The summed E-state index contributed by atoms with van der Waals surface area (Å²) in [5, 5.41) is 4.54. The summed E-state index contributed by atoms with van der Waals surface area (Å²) in [4.78, 5) is 0. The third-order valence-electron chi connectivity index (χ3n) is 5.84. The van der Waals surface area contributed by atoms with E-state index in [0.717, 1.165) is 30.6 Å². The molecule has 124 valence electrons. The number of ether oxygens (including phenoxy) is 2. The van der Waals surface area contributed by atoms with Crippen LogP contribution in [-0.4, -0.2) is 28.8 Å². The van der Waals surface area contributed by atoms with Gasteiger partial charge in [0.15, 0.2) is 5.79 Å². The van der Waals surface area contributed by atoms with Crippen molar-refractivity contribution in [3.8, 4) is 5.69 Å².